The summed E-state index contributed by atoms with van der Waals surface area (Å²) in [6, 6.07) is 6.60. The Kier molecular flexibility index (Phi) is 6.77. The summed E-state index contributed by atoms with van der Waals surface area (Å²) in [6.07, 6.45) is 0.409. The van der Waals surface area contributed by atoms with Crippen molar-refractivity contribution >= 4 is 29.4 Å². The standard InChI is InChI=1S/C20H27N3O5/c1-13(18(26)22-20(2,3)4)28-17(25)12-21-19(27)14-7-9-15(10-8-14)23-11-5-6-16(23)24/h7-10,13H,5-6,11-12H2,1-4H3,(H,21,27)(H,22,26)/t13-/m0/s1. The van der Waals surface area contributed by atoms with Gasteiger partial charge in [-0.15, -0.1) is 0 Å². The molecule has 152 valence electrons. The molecule has 1 aliphatic heterocycles. The molecule has 0 radical (unpaired) electrons. The first kappa shape index (κ1) is 21.4. The fourth-order valence-corrected chi connectivity index (χ4v) is 2.73. The number of nitrogens with zero attached hydrogens (tertiary/aromatic N) is 1. The largest absolute Gasteiger partial charge is 0.451 e. The highest BCUT2D eigenvalue weighted by molar-refractivity contribution is 5.98. The van der Waals surface area contributed by atoms with Crippen molar-refractivity contribution in [3.05, 3.63) is 29.8 Å². The number of benzene rings is 1. The maximum atomic E-state index is 12.2. The highest BCUT2D eigenvalue weighted by atomic mass is 16.5. The number of esters is 1. The second kappa shape index (κ2) is 8.86. The minimum absolute atomic E-state index is 0.0737. The van der Waals surface area contributed by atoms with Gasteiger partial charge in [-0.2, -0.15) is 0 Å². The molecule has 0 spiro atoms. The molecular formula is C20H27N3O5. The number of hydrogen-bond donors (Lipinski definition) is 2. The number of ether oxygens (including phenoxy) is 1. The summed E-state index contributed by atoms with van der Waals surface area (Å²) in [4.78, 5) is 49.4. The van der Waals surface area contributed by atoms with Gasteiger partial charge in [-0.25, -0.2) is 0 Å². The van der Waals surface area contributed by atoms with Crippen molar-refractivity contribution in [2.75, 3.05) is 18.0 Å². The maximum absolute atomic E-state index is 12.2. The van der Waals surface area contributed by atoms with Gasteiger partial charge in [-0.1, -0.05) is 0 Å². The molecule has 2 rings (SSSR count). The summed E-state index contributed by atoms with van der Waals surface area (Å²) in [7, 11) is 0. The van der Waals surface area contributed by atoms with Crippen LogP contribution in [0.25, 0.3) is 0 Å². The van der Waals surface area contributed by atoms with Gasteiger partial charge >= 0.3 is 5.97 Å². The molecule has 1 aliphatic rings. The molecule has 2 N–H and O–H groups in total. The Morgan fingerprint density at radius 3 is 2.36 bits per heavy atom. The van der Waals surface area contributed by atoms with Crippen molar-refractivity contribution in [2.45, 2.75) is 52.2 Å². The molecule has 8 nitrogen and oxygen atoms in total. The normalized spacial score (nSPS) is 15.1. The lowest BCUT2D eigenvalue weighted by Gasteiger charge is -2.23. The Hall–Kier alpha value is -2.90. The van der Waals surface area contributed by atoms with Crippen LogP contribution >= 0.6 is 0 Å². The lowest BCUT2D eigenvalue weighted by molar-refractivity contribution is -0.154. The van der Waals surface area contributed by atoms with E-state index in [-0.39, 0.29) is 12.5 Å². The monoisotopic (exact) mass is 389 g/mol. The molecule has 1 fully saturated rings. The van der Waals surface area contributed by atoms with E-state index in [1.807, 2.05) is 20.8 Å². The number of hydrogen-bond acceptors (Lipinski definition) is 5. The van der Waals surface area contributed by atoms with Gasteiger partial charge in [0.15, 0.2) is 6.10 Å². The molecule has 28 heavy (non-hydrogen) atoms. The molecule has 1 atom stereocenters. The van der Waals surface area contributed by atoms with Gasteiger partial charge in [0.05, 0.1) is 0 Å². The van der Waals surface area contributed by atoms with Crippen LogP contribution in [0.2, 0.25) is 0 Å². The van der Waals surface area contributed by atoms with Gasteiger partial charge in [0.2, 0.25) is 5.91 Å². The molecule has 0 unspecified atom stereocenters. The second-order valence-corrected chi connectivity index (χ2v) is 7.75. The SMILES string of the molecule is C[C@H](OC(=O)CNC(=O)c1ccc(N2CCCC2=O)cc1)C(=O)NC(C)(C)C. The van der Waals surface area contributed by atoms with Crippen molar-refractivity contribution in [3.63, 3.8) is 0 Å². The molecule has 8 heteroatoms. The molecule has 1 aromatic rings. The smallest absolute Gasteiger partial charge is 0.326 e. The van der Waals surface area contributed by atoms with Gasteiger partial charge < -0.3 is 20.3 Å². The second-order valence-electron chi connectivity index (χ2n) is 7.75. The van der Waals surface area contributed by atoms with Crippen LogP contribution in [0.5, 0.6) is 0 Å². The third-order valence-electron chi connectivity index (χ3n) is 4.08. The summed E-state index contributed by atoms with van der Waals surface area (Å²) in [5, 5.41) is 5.18. The Labute approximate surface area is 164 Å². The van der Waals surface area contributed by atoms with E-state index < -0.39 is 29.4 Å². The first-order valence-corrected chi connectivity index (χ1v) is 9.27. The zero-order valence-corrected chi connectivity index (χ0v) is 16.7. The number of carbonyl (C=O) groups is 4. The van der Waals surface area contributed by atoms with Gasteiger partial charge in [0.25, 0.3) is 11.8 Å². The number of carbonyl (C=O) groups excluding carboxylic acids is 4. The van der Waals surface area contributed by atoms with E-state index in [4.69, 9.17) is 4.74 Å². The van der Waals surface area contributed by atoms with E-state index in [1.165, 1.54) is 6.92 Å². The van der Waals surface area contributed by atoms with Gasteiger partial charge in [-0.3, -0.25) is 19.2 Å². The Morgan fingerprint density at radius 1 is 1.18 bits per heavy atom. The zero-order chi connectivity index (χ0) is 20.9. The average molecular weight is 389 g/mol. The number of anilines is 1. The zero-order valence-electron chi connectivity index (χ0n) is 16.7. The predicted molar refractivity (Wildman–Crippen MR) is 104 cm³/mol. The minimum Gasteiger partial charge on any atom is -0.451 e. The van der Waals surface area contributed by atoms with Crippen LogP contribution in [-0.4, -0.2) is 48.4 Å². The molecule has 0 aromatic heterocycles. The molecule has 1 saturated heterocycles. The van der Waals surface area contributed by atoms with Gasteiger partial charge in [-0.05, 0) is 58.4 Å². The van der Waals surface area contributed by atoms with E-state index in [9.17, 15) is 19.2 Å². The Balaban J connectivity index is 1.82. The van der Waals surface area contributed by atoms with E-state index >= 15 is 0 Å². The predicted octanol–water partition coefficient (Wildman–Crippen LogP) is 1.39. The van der Waals surface area contributed by atoms with Crippen molar-refractivity contribution in [2.24, 2.45) is 0 Å². The molecular weight excluding hydrogens is 362 g/mol. The lowest BCUT2D eigenvalue weighted by atomic mass is 10.1. The fraction of sp³-hybridized carbons (Fsp3) is 0.500. The van der Waals surface area contributed by atoms with Crippen molar-refractivity contribution < 1.29 is 23.9 Å². The van der Waals surface area contributed by atoms with Crippen molar-refractivity contribution in [1.82, 2.24) is 10.6 Å². The first-order chi connectivity index (χ1) is 13.1. The number of nitrogens with one attached hydrogen (secondary N) is 2. The van der Waals surface area contributed by atoms with Crippen LogP contribution in [0.15, 0.2) is 24.3 Å². The molecule has 0 saturated carbocycles. The van der Waals surface area contributed by atoms with Gasteiger partial charge in [0.1, 0.15) is 6.54 Å². The van der Waals surface area contributed by atoms with Gasteiger partial charge in [0, 0.05) is 29.8 Å². The fourth-order valence-electron chi connectivity index (χ4n) is 2.73. The van der Waals surface area contributed by atoms with E-state index in [0.717, 1.165) is 12.1 Å². The van der Waals surface area contributed by atoms with Crippen LogP contribution in [0.1, 0.15) is 50.9 Å². The first-order valence-electron chi connectivity index (χ1n) is 9.27. The summed E-state index contributed by atoms with van der Waals surface area (Å²) < 4.78 is 5.03. The third-order valence-corrected chi connectivity index (χ3v) is 4.08. The van der Waals surface area contributed by atoms with Crippen molar-refractivity contribution in [3.8, 4) is 0 Å². The van der Waals surface area contributed by atoms with Crippen LogP contribution in [-0.2, 0) is 19.1 Å². The molecule has 0 bridgehead atoms. The van der Waals surface area contributed by atoms with E-state index in [1.54, 1.807) is 29.2 Å². The van der Waals surface area contributed by atoms with Crippen molar-refractivity contribution in [1.29, 1.82) is 0 Å². The van der Waals surface area contributed by atoms with Crippen LogP contribution in [0.3, 0.4) is 0 Å². The van der Waals surface area contributed by atoms with Crippen LogP contribution in [0, 0.1) is 0 Å². The third kappa shape index (κ3) is 6.07. The summed E-state index contributed by atoms with van der Waals surface area (Å²) in [5.41, 5.74) is 0.677. The van der Waals surface area contributed by atoms with E-state index in [0.29, 0.717) is 18.5 Å². The lowest BCUT2D eigenvalue weighted by Crippen LogP contribution is -2.46. The molecule has 1 heterocycles. The Bertz CT molecular complexity index is 752. The average Bonchev–Trinajstić information content (AvgIpc) is 3.04. The number of rotatable bonds is 6. The van der Waals surface area contributed by atoms with E-state index in [2.05, 4.69) is 10.6 Å². The topological polar surface area (TPSA) is 105 Å². The summed E-state index contributed by atoms with van der Waals surface area (Å²) >= 11 is 0. The number of amides is 3. The molecule has 1 aromatic carbocycles. The summed E-state index contributed by atoms with van der Waals surface area (Å²) in [6.45, 7) is 7.27. The molecule has 3 amide bonds. The van der Waals surface area contributed by atoms with Crippen LogP contribution in [0.4, 0.5) is 5.69 Å². The Morgan fingerprint density at radius 2 is 1.82 bits per heavy atom. The molecule has 0 aliphatic carbocycles. The highest BCUT2D eigenvalue weighted by Crippen LogP contribution is 2.21. The summed E-state index contributed by atoms with van der Waals surface area (Å²) in [5.74, 6) is -1.48. The maximum Gasteiger partial charge on any atom is 0.326 e. The minimum atomic E-state index is -0.957. The highest BCUT2D eigenvalue weighted by Gasteiger charge is 2.23. The van der Waals surface area contributed by atoms with Crippen LogP contribution < -0.4 is 15.5 Å². The quantitative estimate of drug-likeness (QED) is 0.716.